The number of piperidine rings is 1. The van der Waals surface area contributed by atoms with E-state index >= 15 is 0 Å². The van der Waals surface area contributed by atoms with Crippen molar-refractivity contribution in [3.05, 3.63) is 16.6 Å². The Morgan fingerprint density at radius 1 is 1.43 bits per heavy atom. The lowest BCUT2D eigenvalue weighted by molar-refractivity contribution is -0.143. The van der Waals surface area contributed by atoms with Crippen molar-refractivity contribution in [2.75, 3.05) is 19.7 Å². The zero-order valence-electron chi connectivity index (χ0n) is 13.4. The van der Waals surface area contributed by atoms with Gasteiger partial charge in [-0.05, 0) is 25.7 Å². The van der Waals surface area contributed by atoms with Gasteiger partial charge in [0, 0.05) is 44.1 Å². The van der Waals surface area contributed by atoms with E-state index in [4.69, 9.17) is 4.74 Å². The first-order chi connectivity index (χ1) is 11.1. The van der Waals surface area contributed by atoms with Crippen LogP contribution in [0.5, 0.6) is 0 Å². The van der Waals surface area contributed by atoms with Gasteiger partial charge in [-0.3, -0.25) is 9.59 Å². The fourth-order valence-corrected chi connectivity index (χ4v) is 4.23. The number of amides is 2. The van der Waals surface area contributed by atoms with Crippen molar-refractivity contribution in [1.29, 1.82) is 0 Å². The molecular formula is C16H23N3O3S. The van der Waals surface area contributed by atoms with Crippen molar-refractivity contribution < 1.29 is 14.3 Å². The monoisotopic (exact) mass is 337 g/mol. The van der Waals surface area contributed by atoms with Gasteiger partial charge in [-0.1, -0.05) is 0 Å². The molecule has 3 rings (SSSR count). The summed E-state index contributed by atoms with van der Waals surface area (Å²) in [6.07, 6.45) is 5.20. The Balaban J connectivity index is 1.70. The number of nitrogens with one attached hydrogen (secondary N) is 1. The Hall–Kier alpha value is -1.47. The zero-order chi connectivity index (χ0) is 16.2. The van der Waals surface area contributed by atoms with Gasteiger partial charge in [-0.25, -0.2) is 4.98 Å². The Labute approximate surface area is 140 Å². The summed E-state index contributed by atoms with van der Waals surface area (Å²) in [6.45, 7) is 3.64. The molecule has 2 fully saturated rings. The first-order valence-corrected chi connectivity index (χ1v) is 9.10. The minimum absolute atomic E-state index is 0.0622. The average molecular weight is 337 g/mol. The molecule has 23 heavy (non-hydrogen) atoms. The van der Waals surface area contributed by atoms with Crippen molar-refractivity contribution in [2.24, 2.45) is 5.92 Å². The second-order valence-corrected chi connectivity index (χ2v) is 7.16. The van der Waals surface area contributed by atoms with E-state index in [0.29, 0.717) is 13.2 Å². The molecule has 3 atom stereocenters. The minimum atomic E-state index is -0.271. The fourth-order valence-electron chi connectivity index (χ4n) is 3.45. The summed E-state index contributed by atoms with van der Waals surface area (Å²) >= 11 is 1.55. The van der Waals surface area contributed by atoms with Crippen LogP contribution >= 0.6 is 11.3 Å². The van der Waals surface area contributed by atoms with E-state index in [0.717, 1.165) is 37.2 Å². The van der Waals surface area contributed by atoms with Crippen LogP contribution in [0.1, 0.15) is 43.7 Å². The van der Waals surface area contributed by atoms with E-state index in [1.165, 1.54) is 6.92 Å². The van der Waals surface area contributed by atoms with E-state index in [-0.39, 0.29) is 29.9 Å². The third kappa shape index (κ3) is 3.90. The topological polar surface area (TPSA) is 71.5 Å². The number of thiazole rings is 1. The van der Waals surface area contributed by atoms with Crippen molar-refractivity contribution in [2.45, 2.75) is 44.8 Å². The maximum Gasteiger partial charge on any atom is 0.251 e. The van der Waals surface area contributed by atoms with Crippen LogP contribution in [0.25, 0.3) is 0 Å². The van der Waals surface area contributed by atoms with E-state index < -0.39 is 0 Å². The Kier molecular flexibility index (Phi) is 5.27. The number of nitrogens with zero attached hydrogens (tertiary/aromatic N) is 2. The maximum atomic E-state index is 12.6. The third-order valence-corrected chi connectivity index (χ3v) is 5.38. The van der Waals surface area contributed by atoms with Gasteiger partial charge in [0.25, 0.3) is 5.91 Å². The Morgan fingerprint density at radius 3 is 2.96 bits per heavy atom. The standard InChI is InChI=1S/C16H23N3O3S/c1-11(20)18-14(15-17-6-9-23-15)12-4-2-7-19(10-12)16(21)13-5-3-8-22-13/h6,9,12-14H,2-5,7-8,10H2,1H3,(H,18,20)/t12-,13+,14-/m1/s1. The molecule has 126 valence electrons. The number of hydrogen-bond acceptors (Lipinski definition) is 5. The highest BCUT2D eigenvalue weighted by atomic mass is 32.1. The van der Waals surface area contributed by atoms with E-state index in [1.54, 1.807) is 17.5 Å². The summed E-state index contributed by atoms with van der Waals surface area (Å²) in [6, 6.07) is -0.118. The number of likely N-dealkylation sites (tertiary alicyclic amines) is 1. The molecule has 0 spiro atoms. The lowest BCUT2D eigenvalue weighted by Crippen LogP contribution is -2.48. The molecular weight excluding hydrogens is 314 g/mol. The number of carbonyl (C=O) groups excluding carboxylic acids is 2. The number of hydrogen-bond donors (Lipinski definition) is 1. The van der Waals surface area contributed by atoms with Crippen LogP contribution in [0, 0.1) is 5.92 Å². The highest BCUT2D eigenvalue weighted by molar-refractivity contribution is 7.09. The van der Waals surface area contributed by atoms with Gasteiger partial charge in [-0.2, -0.15) is 0 Å². The lowest BCUT2D eigenvalue weighted by Gasteiger charge is -2.37. The third-order valence-electron chi connectivity index (χ3n) is 4.52. The quantitative estimate of drug-likeness (QED) is 0.908. The smallest absolute Gasteiger partial charge is 0.251 e. The molecule has 0 radical (unpaired) electrons. The summed E-state index contributed by atoms with van der Waals surface area (Å²) in [7, 11) is 0. The summed E-state index contributed by atoms with van der Waals surface area (Å²) in [5.74, 6) is 0.241. The molecule has 0 saturated carbocycles. The van der Waals surface area contributed by atoms with Gasteiger partial charge in [0.2, 0.25) is 5.91 Å². The van der Waals surface area contributed by atoms with Gasteiger partial charge in [0.1, 0.15) is 11.1 Å². The number of carbonyl (C=O) groups is 2. The molecule has 0 unspecified atom stereocenters. The molecule has 2 amide bonds. The van der Waals surface area contributed by atoms with Crippen LogP contribution in [0.2, 0.25) is 0 Å². The summed E-state index contributed by atoms with van der Waals surface area (Å²) in [4.78, 5) is 30.4. The second-order valence-electron chi connectivity index (χ2n) is 6.24. The highest BCUT2D eigenvalue weighted by Gasteiger charge is 2.35. The average Bonchev–Trinajstić information content (AvgIpc) is 3.25. The van der Waals surface area contributed by atoms with Crippen LogP contribution in [-0.2, 0) is 14.3 Å². The maximum absolute atomic E-state index is 12.6. The van der Waals surface area contributed by atoms with E-state index in [9.17, 15) is 9.59 Å². The molecule has 2 saturated heterocycles. The fraction of sp³-hybridized carbons (Fsp3) is 0.688. The van der Waals surface area contributed by atoms with Crippen LogP contribution in [-0.4, -0.2) is 47.5 Å². The largest absolute Gasteiger partial charge is 0.368 e. The molecule has 1 aromatic rings. The van der Waals surface area contributed by atoms with Crippen molar-refractivity contribution >= 4 is 23.2 Å². The molecule has 2 aliphatic rings. The van der Waals surface area contributed by atoms with Crippen LogP contribution < -0.4 is 5.32 Å². The van der Waals surface area contributed by atoms with Crippen molar-refractivity contribution in [1.82, 2.24) is 15.2 Å². The van der Waals surface area contributed by atoms with Crippen molar-refractivity contribution in [3.63, 3.8) is 0 Å². The molecule has 6 nitrogen and oxygen atoms in total. The summed E-state index contributed by atoms with van der Waals surface area (Å²) in [5.41, 5.74) is 0. The molecule has 0 aromatic carbocycles. The second kappa shape index (κ2) is 7.40. The minimum Gasteiger partial charge on any atom is -0.368 e. The highest BCUT2D eigenvalue weighted by Crippen LogP contribution is 2.31. The molecule has 0 bridgehead atoms. The predicted octanol–water partition coefficient (Wildman–Crippen LogP) is 1.74. The van der Waals surface area contributed by atoms with E-state index in [2.05, 4.69) is 10.3 Å². The molecule has 2 aliphatic heterocycles. The molecule has 0 aliphatic carbocycles. The van der Waals surface area contributed by atoms with Gasteiger partial charge >= 0.3 is 0 Å². The van der Waals surface area contributed by atoms with Crippen LogP contribution in [0.3, 0.4) is 0 Å². The first-order valence-electron chi connectivity index (χ1n) is 8.22. The number of rotatable bonds is 4. The van der Waals surface area contributed by atoms with Gasteiger partial charge in [0.15, 0.2) is 0 Å². The first kappa shape index (κ1) is 16.4. The van der Waals surface area contributed by atoms with Gasteiger partial charge in [-0.15, -0.1) is 11.3 Å². The van der Waals surface area contributed by atoms with Gasteiger partial charge < -0.3 is 15.0 Å². The molecule has 1 N–H and O–H groups in total. The molecule has 3 heterocycles. The van der Waals surface area contributed by atoms with Crippen molar-refractivity contribution in [3.8, 4) is 0 Å². The van der Waals surface area contributed by atoms with Crippen LogP contribution in [0.4, 0.5) is 0 Å². The normalized spacial score (nSPS) is 26.0. The Morgan fingerprint density at radius 2 is 2.30 bits per heavy atom. The zero-order valence-corrected chi connectivity index (χ0v) is 14.2. The SMILES string of the molecule is CC(=O)N[C@@H](c1nccs1)[C@@H]1CCCN(C(=O)[C@@H]2CCCO2)C1. The lowest BCUT2D eigenvalue weighted by atomic mass is 9.90. The van der Waals surface area contributed by atoms with Gasteiger partial charge in [0.05, 0.1) is 6.04 Å². The molecule has 7 heteroatoms. The predicted molar refractivity (Wildman–Crippen MR) is 86.9 cm³/mol. The summed E-state index contributed by atoms with van der Waals surface area (Å²) in [5, 5.41) is 5.85. The number of aromatic nitrogens is 1. The molecule has 1 aromatic heterocycles. The summed E-state index contributed by atoms with van der Waals surface area (Å²) < 4.78 is 5.53. The number of ether oxygens (including phenoxy) is 1. The van der Waals surface area contributed by atoms with E-state index in [1.807, 2.05) is 10.3 Å². The Bertz CT molecular complexity index is 543. The van der Waals surface area contributed by atoms with Crippen LogP contribution in [0.15, 0.2) is 11.6 Å².